The molecule has 6 nitrogen and oxygen atoms in total. The number of rotatable bonds is 4. The van der Waals surface area contributed by atoms with Crippen molar-refractivity contribution in [2.75, 3.05) is 7.11 Å². The lowest BCUT2D eigenvalue weighted by atomic mass is 10.1. The molecule has 3 aromatic rings. The number of nitro benzene ring substituents is 1. The Kier molecular flexibility index (Phi) is 4.67. The number of non-ortho nitro benzene ring substituents is 1. The van der Waals surface area contributed by atoms with Crippen LogP contribution in [0.5, 0.6) is 11.5 Å². The number of methoxy groups -OCH3 is 1. The van der Waals surface area contributed by atoms with Crippen LogP contribution in [0.3, 0.4) is 0 Å². The van der Waals surface area contributed by atoms with Gasteiger partial charge in [0, 0.05) is 11.5 Å². The zero-order chi connectivity index (χ0) is 18.0. The fraction of sp³-hybridized carbons (Fsp3) is 0.0556. The van der Waals surface area contributed by atoms with E-state index in [4.69, 9.17) is 4.74 Å². The van der Waals surface area contributed by atoms with Crippen molar-refractivity contribution < 1.29 is 14.8 Å². The van der Waals surface area contributed by atoms with Gasteiger partial charge in [-0.1, -0.05) is 24.3 Å². The standard InChI is InChI=1S/C18H13BrN2O4/c1-25-16-10-11(9-14(19)18(16)22)5-7-13-8-6-12-3-2-4-15(21(23)24)17(12)20-13/h2-10,22H,1H3/b7-5+. The molecule has 0 aliphatic heterocycles. The molecule has 2 aromatic carbocycles. The number of phenols is 1. The highest BCUT2D eigenvalue weighted by Gasteiger charge is 2.12. The number of hydrogen-bond acceptors (Lipinski definition) is 5. The Hall–Kier alpha value is -2.93. The number of hydrogen-bond donors (Lipinski definition) is 1. The minimum Gasteiger partial charge on any atom is -0.503 e. The third-order valence-electron chi connectivity index (χ3n) is 3.63. The predicted octanol–water partition coefficient (Wildman–Crippen LogP) is 4.79. The van der Waals surface area contributed by atoms with Gasteiger partial charge in [0.05, 0.1) is 22.2 Å². The first-order valence-corrected chi connectivity index (χ1v) is 8.07. The van der Waals surface area contributed by atoms with Crippen molar-refractivity contribution in [1.82, 2.24) is 4.98 Å². The molecule has 0 bridgehead atoms. The molecule has 7 heteroatoms. The predicted molar refractivity (Wildman–Crippen MR) is 99.7 cm³/mol. The second kappa shape index (κ2) is 6.90. The third-order valence-corrected chi connectivity index (χ3v) is 4.24. The van der Waals surface area contributed by atoms with E-state index in [2.05, 4.69) is 20.9 Å². The van der Waals surface area contributed by atoms with Crippen LogP contribution >= 0.6 is 15.9 Å². The molecule has 0 amide bonds. The Morgan fingerprint density at radius 1 is 1.24 bits per heavy atom. The van der Waals surface area contributed by atoms with E-state index in [-0.39, 0.29) is 11.4 Å². The molecule has 0 saturated carbocycles. The van der Waals surface area contributed by atoms with Crippen molar-refractivity contribution in [1.29, 1.82) is 0 Å². The summed E-state index contributed by atoms with van der Waals surface area (Å²) >= 11 is 3.27. The van der Waals surface area contributed by atoms with E-state index in [0.29, 0.717) is 26.8 Å². The number of aromatic nitrogens is 1. The molecule has 0 aliphatic rings. The number of nitro groups is 1. The van der Waals surface area contributed by atoms with Crippen LogP contribution in [0.4, 0.5) is 5.69 Å². The monoisotopic (exact) mass is 400 g/mol. The third kappa shape index (κ3) is 3.46. The molecule has 0 saturated heterocycles. The van der Waals surface area contributed by atoms with E-state index >= 15 is 0 Å². The van der Waals surface area contributed by atoms with Gasteiger partial charge in [0.2, 0.25) is 0 Å². The van der Waals surface area contributed by atoms with E-state index in [9.17, 15) is 15.2 Å². The summed E-state index contributed by atoms with van der Waals surface area (Å²) in [6.07, 6.45) is 3.53. The number of ether oxygens (including phenoxy) is 1. The van der Waals surface area contributed by atoms with Crippen LogP contribution in [0, 0.1) is 10.1 Å². The normalized spacial score (nSPS) is 11.1. The second-order valence-corrected chi connectivity index (χ2v) is 6.08. The Balaban J connectivity index is 2.01. The smallest absolute Gasteiger partial charge is 0.295 e. The fourth-order valence-corrected chi connectivity index (χ4v) is 2.87. The van der Waals surface area contributed by atoms with Gasteiger partial charge in [0.25, 0.3) is 5.69 Å². The number of benzene rings is 2. The molecule has 0 atom stereocenters. The van der Waals surface area contributed by atoms with E-state index < -0.39 is 4.92 Å². The Morgan fingerprint density at radius 2 is 2.04 bits per heavy atom. The number of nitrogens with zero attached hydrogens (tertiary/aromatic N) is 2. The summed E-state index contributed by atoms with van der Waals surface area (Å²) in [7, 11) is 1.47. The van der Waals surface area contributed by atoms with Crippen molar-refractivity contribution in [3.63, 3.8) is 0 Å². The maximum atomic E-state index is 11.2. The van der Waals surface area contributed by atoms with Gasteiger partial charge in [-0.2, -0.15) is 0 Å². The van der Waals surface area contributed by atoms with Crippen LogP contribution in [0.15, 0.2) is 46.9 Å². The average molecular weight is 401 g/mol. The molecule has 126 valence electrons. The van der Waals surface area contributed by atoms with Gasteiger partial charge in [-0.05, 0) is 45.8 Å². The number of halogens is 1. The van der Waals surface area contributed by atoms with Gasteiger partial charge < -0.3 is 9.84 Å². The van der Waals surface area contributed by atoms with Crippen molar-refractivity contribution in [2.24, 2.45) is 0 Å². The molecular formula is C18H13BrN2O4. The highest BCUT2D eigenvalue weighted by atomic mass is 79.9. The molecule has 1 aromatic heterocycles. The van der Waals surface area contributed by atoms with Crippen molar-refractivity contribution in [3.8, 4) is 11.5 Å². The summed E-state index contributed by atoms with van der Waals surface area (Å²) in [5.41, 5.74) is 1.69. The van der Waals surface area contributed by atoms with Crippen LogP contribution in [0.2, 0.25) is 0 Å². The summed E-state index contributed by atoms with van der Waals surface area (Å²) in [5.74, 6) is 0.371. The number of phenolic OH excluding ortho intramolecular Hbond substituents is 1. The van der Waals surface area contributed by atoms with Gasteiger partial charge in [0.1, 0.15) is 5.52 Å². The highest BCUT2D eigenvalue weighted by molar-refractivity contribution is 9.10. The molecule has 25 heavy (non-hydrogen) atoms. The zero-order valence-corrected chi connectivity index (χ0v) is 14.7. The minimum absolute atomic E-state index is 0.0261. The van der Waals surface area contributed by atoms with Crippen molar-refractivity contribution in [3.05, 3.63) is 68.3 Å². The van der Waals surface area contributed by atoms with Crippen molar-refractivity contribution in [2.45, 2.75) is 0 Å². The number of para-hydroxylation sites is 1. The lowest BCUT2D eigenvalue weighted by Gasteiger charge is -2.06. The Morgan fingerprint density at radius 3 is 2.76 bits per heavy atom. The number of fused-ring (bicyclic) bond motifs is 1. The lowest BCUT2D eigenvalue weighted by molar-refractivity contribution is -0.383. The zero-order valence-electron chi connectivity index (χ0n) is 13.1. The number of aromatic hydroxyl groups is 1. The van der Waals surface area contributed by atoms with Gasteiger partial charge >= 0.3 is 0 Å². The molecule has 0 fully saturated rings. The lowest BCUT2D eigenvalue weighted by Crippen LogP contribution is -1.92. The van der Waals surface area contributed by atoms with Gasteiger partial charge in [-0.15, -0.1) is 0 Å². The van der Waals surface area contributed by atoms with Gasteiger partial charge in [-0.25, -0.2) is 4.98 Å². The van der Waals surface area contributed by atoms with E-state index in [1.807, 2.05) is 0 Å². The number of pyridine rings is 1. The van der Waals surface area contributed by atoms with Crippen molar-refractivity contribution >= 4 is 44.7 Å². The van der Waals surface area contributed by atoms with E-state index in [0.717, 1.165) is 5.56 Å². The van der Waals surface area contributed by atoms with Gasteiger partial charge in [-0.3, -0.25) is 10.1 Å². The van der Waals surface area contributed by atoms with Crippen LogP contribution in [0.25, 0.3) is 23.1 Å². The molecule has 3 rings (SSSR count). The molecule has 0 spiro atoms. The first-order valence-electron chi connectivity index (χ1n) is 7.28. The first-order chi connectivity index (χ1) is 12.0. The average Bonchev–Trinajstić information content (AvgIpc) is 2.61. The first kappa shape index (κ1) is 16.9. The molecular weight excluding hydrogens is 388 g/mol. The molecule has 0 unspecified atom stereocenters. The quantitative estimate of drug-likeness (QED) is 0.502. The summed E-state index contributed by atoms with van der Waals surface area (Å²) in [5, 5.41) is 21.7. The molecule has 1 N–H and O–H groups in total. The summed E-state index contributed by atoms with van der Waals surface area (Å²) in [6, 6.07) is 11.9. The maximum Gasteiger partial charge on any atom is 0.295 e. The van der Waals surface area contributed by atoms with E-state index in [1.54, 1.807) is 48.6 Å². The maximum absolute atomic E-state index is 11.2. The van der Waals surface area contributed by atoms with Gasteiger partial charge in [0.15, 0.2) is 11.5 Å². The Bertz CT molecular complexity index is 1000. The minimum atomic E-state index is -0.440. The summed E-state index contributed by atoms with van der Waals surface area (Å²) < 4.78 is 5.62. The fourth-order valence-electron chi connectivity index (χ4n) is 2.41. The largest absolute Gasteiger partial charge is 0.503 e. The van der Waals surface area contributed by atoms with Crippen LogP contribution in [-0.2, 0) is 0 Å². The van der Waals surface area contributed by atoms with Crippen LogP contribution in [-0.4, -0.2) is 22.1 Å². The van der Waals surface area contributed by atoms with Crippen LogP contribution in [0.1, 0.15) is 11.3 Å². The van der Waals surface area contributed by atoms with Crippen LogP contribution < -0.4 is 4.74 Å². The molecule has 0 aliphatic carbocycles. The van der Waals surface area contributed by atoms with E-state index in [1.165, 1.54) is 13.2 Å². The molecule has 0 radical (unpaired) electrons. The SMILES string of the molecule is COc1cc(/C=C/c2ccc3cccc([N+](=O)[O-])c3n2)cc(Br)c1O. The second-order valence-electron chi connectivity index (χ2n) is 5.23. The molecule has 1 heterocycles. The highest BCUT2D eigenvalue weighted by Crippen LogP contribution is 2.35. The Labute approximate surface area is 151 Å². The summed E-state index contributed by atoms with van der Waals surface area (Å²) in [4.78, 5) is 15.1. The topological polar surface area (TPSA) is 85.5 Å². The summed E-state index contributed by atoms with van der Waals surface area (Å²) in [6.45, 7) is 0.